The van der Waals surface area contributed by atoms with Crippen molar-refractivity contribution in [2.45, 2.75) is 26.4 Å². The highest BCUT2D eigenvalue weighted by Gasteiger charge is 2.48. The van der Waals surface area contributed by atoms with Crippen molar-refractivity contribution in [1.29, 1.82) is 0 Å². The van der Waals surface area contributed by atoms with E-state index >= 15 is 0 Å². The fourth-order valence-corrected chi connectivity index (χ4v) is 1.34. The van der Waals surface area contributed by atoms with Crippen molar-refractivity contribution in [1.82, 2.24) is 0 Å². The second kappa shape index (κ2) is 3.77. The highest BCUT2D eigenvalue weighted by Crippen LogP contribution is 2.43. The minimum atomic E-state index is -2.01. The highest BCUT2D eigenvalue weighted by atomic mass is 19.1. The summed E-state index contributed by atoms with van der Waals surface area (Å²) in [5.74, 6) is -1.18. The largest absolute Gasteiger partial charge is 0.508 e. The van der Waals surface area contributed by atoms with Crippen molar-refractivity contribution < 1.29 is 19.4 Å². The number of benzene rings is 1. The van der Waals surface area contributed by atoms with Crippen molar-refractivity contribution in [3.05, 3.63) is 29.8 Å². The van der Waals surface area contributed by atoms with E-state index in [-0.39, 0.29) is 11.3 Å². The van der Waals surface area contributed by atoms with E-state index in [0.29, 0.717) is 0 Å². The molecule has 0 heterocycles. The molecule has 4 heteroatoms. The Balaban J connectivity index is 3.20. The minimum Gasteiger partial charge on any atom is -0.508 e. The predicted molar refractivity (Wildman–Crippen MR) is 58.0 cm³/mol. The van der Waals surface area contributed by atoms with E-state index in [2.05, 4.69) is 0 Å². The van der Waals surface area contributed by atoms with Crippen LogP contribution in [0.4, 0.5) is 4.39 Å². The Morgan fingerprint density at radius 2 is 1.62 bits per heavy atom. The molecule has 1 aromatic carbocycles. The zero-order valence-electron chi connectivity index (χ0n) is 9.49. The average Bonchev–Trinajstić information content (AvgIpc) is 2.17. The number of halogens is 1. The maximum atomic E-state index is 14.5. The van der Waals surface area contributed by atoms with E-state index < -0.39 is 17.1 Å². The summed E-state index contributed by atoms with van der Waals surface area (Å²) >= 11 is 0. The first-order valence-electron chi connectivity index (χ1n) is 4.91. The Kier molecular flexibility index (Phi) is 2.95. The SMILES string of the molecule is CC(C)(C(=O)O)C(C)(F)c1ccc(O)cc1. The van der Waals surface area contributed by atoms with Gasteiger partial charge in [0.25, 0.3) is 0 Å². The summed E-state index contributed by atoms with van der Waals surface area (Å²) < 4.78 is 14.5. The van der Waals surface area contributed by atoms with Gasteiger partial charge in [-0.05, 0) is 38.5 Å². The molecular formula is C12H15FO3. The number of alkyl halides is 1. The molecule has 1 rings (SSSR count). The van der Waals surface area contributed by atoms with Crippen molar-refractivity contribution >= 4 is 5.97 Å². The van der Waals surface area contributed by atoms with Crippen molar-refractivity contribution in [2.24, 2.45) is 5.41 Å². The lowest BCUT2D eigenvalue weighted by atomic mass is 9.73. The molecule has 0 saturated heterocycles. The predicted octanol–water partition coefficient (Wildman–Crippen LogP) is 2.69. The summed E-state index contributed by atoms with van der Waals surface area (Å²) in [4.78, 5) is 11.0. The van der Waals surface area contributed by atoms with Gasteiger partial charge < -0.3 is 10.2 Å². The number of phenols is 1. The summed E-state index contributed by atoms with van der Waals surface area (Å²) in [5, 5.41) is 18.1. The van der Waals surface area contributed by atoms with Crippen LogP contribution in [0.1, 0.15) is 26.3 Å². The second-order valence-electron chi connectivity index (χ2n) is 4.48. The number of hydrogen-bond donors (Lipinski definition) is 2. The monoisotopic (exact) mass is 226 g/mol. The van der Waals surface area contributed by atoms with Gasteiger partial charge in [0, 0.05) is 0 Å². The molecule has 0 aromatic heterocycles. The van der Waals surface area contributed by atoms with Crippen LogP contribution in [0.15, 0.2) is 24.3 Å². The molecule has 0 saturated carbocycles. The maximum Gasteiger partial charge on any atom is 0.312 e. The number of carboxylic acids is 1. The summed E-state index contributed by atoms with van der Waals surface area (Å²) in [6, 6.07) is 5.45. The third-order valence-electron chi connectivity index (χ3n) is 3.12. The number of hydrogen-bond acceptors (Lipinski definition) is 2. The Morgan fingerprint density at radius 3 is 2.00 bits per heavy atom. The van der Waals surface area contributed by atoms with Gasteiger partial charge in [0.1, 0.15) is 16.8 Å². The molecule has 2 N–H and O–H groups in total. The fourth-order valence-electron chi connectivity index (χ4n) is 1.34. The van der Waals surface area contributed by atoms with Crippen LogP contribution in [0.2, 0.25) is 0 Å². The third-order valence-corrected chi connectivity index (χ3v) is 3.12. The van der Waals surface area contributed by atoms with Gasteiger partial charge in [-0.3, -0.25) is 4.79 Å². The summed E-state index contributed by atoms with van der Waals surface area (Å²) in [5.41, 5.74) is -3.31. The smallest absolute Gasteiger partial charge is 0.312 e. The van der Waals surface area contributed by atoms with Gasteiger partial charge in [0.15, 0.2) is 0 Å². The highest BCUT2D eigenvalue weighted by molar-refractivity contribution is 5.75. The quantitative estimate of drug-likeness (QED) is 0.833. The van der Waals surface area contributed by atoms with Gasteiger partial charge in [0.2, 0.25) is 0 Å². The standard InChI is InChI=1S/C12H15FO3/c1-11(2,10(15)16)12(3,13)8-4-6-9(14)7-5-8/h4-7,14H,1-3H3,(H,15,16). The molecule has 1 aromatic rings. The molecule has 0 aliphatic carbocycles. The fraction of sp³-hybridized carbons (Fsp3) is 0.417. The van der Waals surface area contributed by atoms with E-state index in [1.807, 2.05) is 0 Å². The first-order chi connectivity index (χ1) is 7.19. The molecule has 1 atom stereocenters. The lowest BCUT2D eigenvalue weighted by Gasteiger charge is -2.34. The van der Waals surface area contributed by atoms with Crippen LogP contribution in [-0.2, 0) is 10.5 Å². The molecular weight excluding hydrogens is 211 g/mol. The van der Waals surface area contributed by atoms with Gasteiger partial charge >= 0.3 is 5.97 Å². The van der Waals surface area contributed by atoms with Gasteiger partial charge in [-0.25, -0.2) is 4.39 Å². The van der Waals surface area contributed by atoms with E-state index in [1.54, 1.807) is 0 Å². The number of aromatic hydroxyl groups is 1. The molecule has 0 aliphatic rings. The van der Waals surface area contributed by atoms with Crippen LogP contribution in [-0.4, -0.2) is 16.2 Å². The van der Waals surface area contributed by atoms with E-state index in [4.69, 9.17) is 10.2 Å². The van der Waals surface area contributed by atoms with Crippen LogP contribution in [0.25, 0.3) is 0 Å². The van der Waals surface area contributed by atoms with Crippen LogP contribution in [0.3, 0.4) is 0 Å². The Bertz CT molecular complexity index is 393. The Labute approximate surface area is 93.5 Å². The zero-order chi connectivity index (χ0) is 12.6. The number of aliphatic carboxylic acids is 1. The van der Waals surface area contributed by atoms with Gasteiger partial charge in [0.05, 0.1) is 0 Å². The van der Waals surface area contributed by atoms with Crippen LogP contribution in [0, 0.1) is 5.41 Å². The first-order valence-corrected chi connectivity index (χ1v) is 4.91. The summed E-state index contributed by atoms with van der Waals surface area (Å²) in [6.07, 6.45) is 0. The minimum absolute atomic E-state index is 0.0210. The Morgan fingerprint density at radius 1 is 1.19 bits per heavy atom. The van der Waals surface area contributed by atoms with Gasteiger partial charge in [-0.1, -0.05) is 12.1 Å². The topological polar surface area (TPSA) is 57.5 Å². The molecule has 16 heavy (non-hydrogen) atoms. The van der Waals surface area contributed by atoms with E-state index in [0.717, 1.165) is 0 Å². The van der Waals surface area contributed by atoms with E-state index in [1.165, 1.54) is 45.0 Å². The summed E-state index contributed by atoms with van der Waals surface area (Å²) in [6.45, 7) is 3.90. The van der Waals surface area contributed by atoms with Gasteiger partial charge in [-0.15, -0.1) is 0 Å². The second-order valence-corrected chi connectivity index (χ2v) is 4.48. The molecule has 0 spiro atoms. The molecule has 0 bridgehead atoms. The molecule has 1 unspecified atom stereocenters. The number of carbonyl (C=O) groups is 1. The molecule has 88 valence electrons. The molecule has 0 aliphatic heterocycles. The third kappa shape index (κ3) is 1.87. The normalized spacial score (nSPS) is 15.5. The maximum absolute atomic E-state index is 14.5. The number of rotatable bonds is 3. The molecule has 0 fully saturated rings. The average molecular weight is 226 g/mol. The van der Waals surface area contributed by atoms with Crippen LogP contribution >= 0.6 is 0 Å². The van der Waals surface area contributed by atoms with Crippen LogP contribution in [0.5, 0.6) is 5.75 Å². The lowest BCUT2D eigenvalue weighted by Crippen LogP contribution is -2.41. The van der Waals surface area contributed by atoms with Gasteiger partial charge in [-0.2, -0.15) is 0 Å². The van der Waals surface area contributed by atoms with Crippen molar-refractivity contribution in [3.8, 4) is 5.75 Å². The van der Waals surface area contributed by atoms with Crippen LogP contribution < -0.4 is 0 Å². The molecule has 0 radical (unpaired) electrons. The van der Waals surface area contributed by atoms with Crippen molar-refractivity contribution in [2.75, 3.05) is 0 Å². The molecule has 3 nitrogen and oxygen atoms in total. The lowest BCUT2D eigenvalue weighted by molar-refractivity contribution is -0.156. The Hall–Kier alpha value is -1.58. The first kappa shape index (κ1) is 12.5. The van der Waals surface area contributed by atoms with Crippen molar-refractivity contribution in [3.63, 3.8) is 0 Å². The molecule has 0 amide bonds. The van der Waals surface area contributed by atoms with E-state index in [9.17, 15) is 9.18 Å². The summed E-state index contributed by atoms with van der Waals surface area (Å²) in [7, 11) is 0. The zero-order valence-corrected chi connectivity index (χ0v) is 9.49. The number of carboxylic acid groups (broad SMARTS) is 1. The number of phenolic OH excluding ortho intramolecular Hbond substituents is 1.